The van der Waals surface area contributed by atoms with E-state index in [1.54, 1.807) is 6.92 Å². The van der Waals surface area contributed by atoms with E-state index in [2.05, 4.69) is 0 Å². The van der Waals surface area contributed by atoms with Crippen LogP contribution in [0.2, 0.25) is 0 Å². The van der Waals surface area contributed by atoms with Gasteiger partial charge in [-0.2, -0.15) is 0 Å². The third-order valence-electron chi connectivity index (χ3n) is 2.36. The molecule has 0 aliphatic rings. The zero-order valence-corrected chi connectivity index (χ0v) is 11.0. The largest absolute Gasteiger partial charge is 0.462 e. The minimum absolute atomic E-state index is 0.0243. The van der Waals surface area contributed by atoms with Gasteiger partial charge in [-0.05, 0) is 25.1 Å². The molecule has 1 aromatic carbocycles. The fraction of sp³-hybridized carbons (Fsp3) is 0.385. The molecule has 0 amide bonds. The topological polar surface area (TPSA) is 43.4 Å². The van der Waals surface area contributed by atoms with Crippen molar-refractivity contribution in [3.05, 3.63) is 34.9 Å². The highest BCUT2D eigenvalue weighted by Gasteiger charge is 2.17. The molecule has 19 heavy (non-hydrogen) atoms. The third-order valence-corrected chi connectivity index (χ3v) is 2.55. The van der Waals surface area contributed by atoms with Gasteiger partial charge in [-0.1, -0.05) is 0 Å². The molecule has 0 bridgehead atoms. The van der Waals surface area contributed by atoms with Crippen LogP contribution in [-0.4, -0.2) is 24.2 Å². The highest BCUT2D eigenvalue weighted by Crippen LogP contribution is 2.23. The summed E-state index contributed by atoms with van der Waals surface area (Å²) in [5.74, 6) is -1.03. The number of esters is 1. The van der Waals surface area contributed by atoms with Crippen molar-refractivity contribution in [3.63, 3.8) is 0 Å². The highest BCUT2D eigenvalue weighted by molar-refractivity contribution is 6.19. The lowest BCUT2D eigenvalue weighted by Gasteiger charge is -2.08. The van der Waals surface area contributed by atoms with Crippen molar-refractivity contribution in [2.24, 2.45) is 0 Å². The fourth-order valence-electron chi connectivity index (χ4n) is 1.50. The van der Waals surface area contributed by atoms with Crippen molar-refractivity contribution < 1.29 is 23.1 Å². The molecule has 0 saturated carbocycles. The summed E-state index contributed by atoms with van der Waals surface area (Å²) in [5.41, 5.74) is -0.400. The average molecular weight is 291 g/mol. The van der Waals surface area contributed by atoms with Gasteiger partial charge in [0.2, 0.25) is 0 Å². The van der Waals surface area contributed by atoms with E-state index in [4.69, 9.17) is 16.3 Å². The monoisotopic (exact) mass is 290 g/mol. The van der Waals surface area contributed by atoms with Crippen LogP contribution in [0.3, 0.4) is 0 Å². The van der Waals surface area contributed by atoms with Crippen LogP contribution >= 0.6 is 11.6 Å². The normalized spacial score (nSPS) is 10.6. The lowest BCUT2D eigenvalue weighted by atomic mass is 10.0. The van der Waals surface area contributed by atoms with E-state index in [9.17, 15) is 18.4 Å². The SMILES string of the molecule is CCOC(=O)c1cc(C(=O)CCCl)cc(C(F)F)c1. The first-order chi connectivity index (χ1) is 8.99. The number of hydrogen-bond donors (Lipinski definition) is 0. The maximum Gasteiger partial charge on any atom is 0.338 e. The van der Waals surface area contributed by atoms with Gasteiger partial charge in [-0.25, -0.2) is 13.6 Å². The van der Waals surface area contributed by atoms with E-state index in [1.807, 2.05) is 0 Å². The quantitative estimate of drug-likeness (QED) is 0.457. The lowest BCUT2D eigenvalue weighted by molar-refractivity contribution is 0.0526. The van der Waals surface area contributed by atoms with Crippen molar-refractivity contribution in [3.8, 4) is 0 Å². The van der Waals surface area contributed by atoms with Crippen LogP contribution in [0.1, 0.15) is 46.0 Å². The van der Waals surface area contributed by atoms with Gasteiger partial charge in [0, 0.05) is 23.4 Å². The van der Waals surface area contributed by atoms with Crippen LogP contribution < -0.4 is 0 Å². The summed E-state index contributed by atoms with van der Waals surface area (Å²) in [7, 11) is 0. The van der Waals surface area contributed by atoms with Crippen molar-refractivity contribution in [2.75, 3.05) is 12.5 Å². The van der Waals surface area contributed by atoms with Crippen LogP contribution in [0, 0.1) is 0 Å². The number of rotatable bonds is 6. The molecule has 0 heterocycles. The average Bonchev–Trinajstić information content (AvgIpc) is 2.38. The Kier molecular flexibility index (Phi) is 5.89. The molecule has 0 aliphatic heterocycles. The second kappa shape index (κ2) is 7.19. The van der Waals surface area contributed by atoms with Crippen LogP contribution in [-0.2, 0) is 4.74 Å². The summed E-state index contributed by atoms with van der Waals surface area (Å²) in [5, 5.41) is 0. The molecule has 104 valence electrons. The molecule has 0 aliphatic carbocycles. The number of Topliss-reactive ketones (excluding diaryl/α,β-unsaturated/α-hetero) is 1. The zero-order valence-electron chi connectivity index (χ0n) is 10.3. The number of benzene rings is 1. The molecule has 0 spiro atoms. The van der Waals surface area contributed by atoms with Crippen LogP contribution in [0.25, 0.3) is 0 Å². The van der Waals surface area contributed by atoms with Gasteiger partial charge >= 0.3 is 5.97 Å². The van der Waals surface area contributed by atoms with E-state index in [0.717, 1.165) is 12.1 Å². The Morgan fingerprint density at radius 2 is 1.89 bits per heavy atom. The van der Waals surface area contributed by atoms with Crippen molar-refractivity contribution in [1.29, 1.82) is 0 Å². The van der Waals surface area contributed by atoms with Crippen molar-refractivity contribution in [1.82, 2.24) is 0 Å². The molecule has 1 rings (SSSR count). The van der Waals surface area contributed by atoms with Crippen LogP contribution in [0.4, 0.5) is 8.78 Å². The lowest BCUT2D eigenvalue weighted by Crippen LogP contribution is -2.09. The fourth-order valence-corrected chi connectivity index (χ4v) is 1.67. The molecule has 1 aromatic rings. The molecule has 3 nitrogen and oxygen atoms in total. The first-order valence-corrected chi connectivity index (χ1v) is 6.22. The Labute approximate surface area is 114 Å². The third kappa shape index (κ3) is 4.28. The number of carbonyl (C=O) groups excluding carboxylic acids is 2. The maximum absolute atomic E-state index is 12.7. The minimum Gasteiger partial charge on any atom is -0.462 e. The van der Waals surface area contributed by atoms with Gasteiger partial charge in [0.15, 0.2) is 5.78 Å². The molecular weight excluding hydrogens is 278 g/mol. The van der Waals surface area contributed by atoms with E-state index in [0.29, 0.717) is 0 Å². The molecule has 0 N–H and O–H groups in total. The van der Waals surface area contributed by atoms with E-state index >= 15 is 0 Å². The summed E-state index contributed by atoms with van der Waals surface area (Å²) in [6.07, 6.45) is -2.74. The van der Waals surface area contributed by atoms with Gasteiger partial charge in [0.1, 0.15) is 0 Å². The second-order valence-corrected chi connectivity index (χ2v) is 4.10. The number of hydrogen-bond acceptors (Lipinski definition) is 3. The van der Waals surface area contributed by atoms with Crippen LogP contribution in [0.5, 0.6) is 0 Å². The molecule has 0 atom stereocenters. The van der Waals surface area contributed by atoms with Gasteiger partial charge in [0.05, 0.1) is 12.2 Å². The summed E-state index contributed by atoms with van der Waals surface area (Å²) < 4.78 is 30.2. The Balaban J connectivity index is 3.17. The summed E-state index contributed by atoms with van der Waals surface area (Å²) in [4.78, 5) is 23.2. The summed E-state index contributed by atoms with van der Waals surface area (Å²) in [6.45, 7) is 1.73. The second-order valence-electron chi connectivity index (χ2n) is 3.73. The smallest absolute Gasteiger partial charge is 0.338 e. The first kappa shape index (κ1) is 15.6. The Morgan fingerprint density at radius 1 is 1.26 bits per heavy atom. The molecule has 0 fully saturated rings. The number of alkyl halides is 3. The number of carbonyl (C=O) groups is 2. The summed E-state index contributed by atoms with van der Waals surface area (Å²) >= 11 is 5.44. The van der Waals surface area contributed by atoms with E-state index < -0.39 is 12.4 Å². The molecule has 6 heteroatoms. The zero-order chi connectivity index (χ0) is 14.4. The standard InChI is InChI=1S/C13H13ClF2O3/c1-2-19-13(18)10-6-8(11(17)3-4-14)5-9(7-10)12(15)16/h5-7,12H,2-4H2,1H3. The maximum atomic E-state index is 12.7. The predicted molar refractivity (Wildman–Crippen MR) is 67.0 cm³/mol. The molecule has 0 saturated heterocycles. The predicted octanol–water partition coefficient (Wildman–Crippen LogP) is 3.61. The molecular formula is C13H13ClF2O3. The Hall–Kier alpha value is -1.49. The van der Waals surface area contributed by atoms with Gasteiger partial charge in [-0.3, -0.25) is 4.79 Å². The molecule has 0 unspecified atom stereocenters. The van der Waals surface area contributed by atoms with Gasteiger partial charge in [0.25, 0.3) is 6.43 Å². The molecule has 0 aromatic heterocycles. The van der Waals surface area contributed by atoms with Crippen LogP contribution in [0.15, 0.2) is 18.2 Å². The summed E-state index contributed by atoms with van der Waals surface area (Å²) in [6, 6.07) is 3.35. The van der Waals surface area contributed by atoms with E-state index in [1.165, 1.54) is 6.07 Å². The Morgan fingerprint density at radius 3 is 2.42 bits per heavy atom. The minimum atomic E-state index is -2.77. The molecule has 0 radical (unpaired) electrons. The van der Waals surface area contributed by atoms with Crippen molar-refractivity contribution >= 4 is 23.4 Å². The highest BCUT2D eigenvalue weighted by atomic mass is 35.5. The van der Waals surface area contributed by atoms with Crippen molar-refractivity contribution in [2.45, 2.75) is 19.8 Å². The van der Waals surface area contributed by atoms with Gasteiger partial charge < -0.3 is 4.74 Å². The van der Waals surface area contributed by atoms with Gasteiger partial charge in [-0.15, -0.1) is 11.6 Å². The number of ketones is 1. The Bertz CT molecular complexity index is 439. The number of halogens is 3. The number of ether oxygens (including phenoxy) is 1. The van der Waals surface area contributed by atoms with E-state index in [-0.39, 0.29) is 41.4 Å². The first-order valence-electron chi connectivity index (χ1n) is 5.69.